The zero-order valence-corrected chi connectivity index (χ0v) is 56.0. The zero-order chi connectivity index (χ0) is 59.9. The number of hydrogen-bond donors (Lipinski definition) is 0. The number of allylic oxidation sites excluding steroid dienone is 8. The van der Waals surface area contributed by atoms with Crippen LogP contribution in [0.5, 0.6) is 0 Å². The van der Waals surface area contributed by atoms with E-state index < -0.39 is 6.10 Å². The second kappa shape index (κ2) is 71.8. The van der Waals surface area contributed by atoms with Crippen LogP contribution < -0.4 is 0 Å². The summed E-state index contributed by atoms with van der Waals surface area (Å²) in [6.45, 7) is 6.54. The SMILES string of the molecule is CC/C=C\C/C=C\C/C=C\C/C=C\CCC(=O)OCC(COC(=O)CCCCCCCCCCCCCCCCCCCCCCCCCCCCCCCCCCC)OC(=O)CCCCCCCCCCCCCCCCCCCCC. The lowest BCUT2D eigenvalue weighted by molar-refractivity contribution is -0.166. The van der Waals surface area contributed by atoms with Gasteiger partial charge in [-0.3, -0.25) is 14.4 Å². The van der Waals surface area contributed by atoms with Gasteiger partial charge in [0.1, 0.15) is 13.2 Å². The summed E-state index contributed by atoms with van der Waals surface area (Å²) in [5.74, 6) is -0.947. The second-order valence-corrected chi connectivity index (χ2v) is 25.2. The molecule has 0 spiro atoms. The van der Waals surface area contributed by atoms with Gasteiger partial charge >= 0.3 is 17.9 Å². The Morgan fingerprint density at radius 2 is 0.470 bits per heavy atom. The Labute approximate surface area is 518 Å². The highest BCUT2D eigenvalue weighted by Crippen LogP contribution is 2.19. The zero-order valence-electron chi connectivity index (χ0n) is 56.0. The molecule has 0 amide bonds. The highest BCUT2D eigenvalue weighted by Gasteiger charge is 2.19. The van der Waals surface area contributed by atoms with E-state index in [1.54, 1.807) is 0 Å². The Morgan fingerprint density at radius 3 is 0.735 bits per heavy atom. The number of carbonyl (C=O) groups excluding carboxylic acids is 3. The van der Waals surface area contributed by atoms with Crippen molar-refractivity contribution in [2.24, 2.45) is 0 Å². The Balaban J connectivity index is 4.13. The maximum absolute atomic E-state index is 12.9. The molecule has 0 heterocycles. The first-order chi connectivity index (χ1) is 41.0. The molecule has 1 atom stereocenters. The standard InChI is InChI=1S/C77H142O6/c1-4-7-10-13-16-19-22-25-27-29-31-32-33-34-35-36-37-38-39-40-41-42-43-44-46-47-49-52-55-58-61-64-67-70-76(79)82-73-74(72-81-75(78)69-66-63-60-57-54-51-24-21-18-15-12-9-6-3)83-77(80)71-68-65-62-59-56-53-50-48-45-30-28-26-23-20-17-14-11-8-5-2/h9,12,18,21,51,54,60,63,74H,4-8,10-11,13-17,19-20,22-50,52-53,55-59,61-62,64-73H2,1-3H3/b12-9-,21-18-,54-51-,63-60-. The number of rotatable bonds is 69. The van der Waals surface area contributed by atoms with E-state index in [0.29, 0.717) is 19.3 Å². The summed E-state index contributed by atoms with van der Waals surface area (Å²) in [5.41, 5.74) is 0. The molecule has 0 aromatic carbocycles. The summed E-state index contributed by atoms with van der Waals surface area (Å²) in [4.78, 5) is 38.4. The van der Waals surface area contributed by atoms with E-state index in [-0.39, 0.29) is 37.5 Å². The molecule has 6 heteroatoms. The van der Waals surface area contributed by atoms with E-state index in [1.807, 2.05) is 6.08 Å². The van der Waals surface area contributed by atoms with Crippen LogP contribution in [-0.4, -0.2) is 37.2 Å². The van der Waals surface area contributed by atoms with Crippen LogP contribution in [0.25, 0.3) is 0 Å². The Hall–Kier alpha value is -2.63. The quantitative estimate of drug-likeness (QED) is 0.0261. The number of ether oxygens (including phenoxy) is 3. The number of esters is 3. The van der Waals surface area contributed by atoms with Crippen molar-refractivity contribution in [3.8, 4) is 0 Å². The van der Waals surface area contributed by atoms with Gasteiger partial charge in [0, 0.05) is 19.3 Å². The maximum atomic E-state index is 12.9. The first-order valence-electron chi connectivity index (χ1n) is 37.1. The van der Waals surface area contributed by atoms with Crippen molar-refractivity contribution in [1.82, 2.24) is 0 Å². The Kier molecular flexibility index (Phi) is 69.6. The van der Waals surface area contributed by atoms with Crippen molar-refractivity contribution in [3.05, 3.63) is 48.6 Å². The molecular formula is C77H142O6. The number of hydrogen-bond acceptors (Lipinski definition) is 6. The normalized spacial score (nSPS) is 12.3. The van der Waals surface area contributed by atoms with Crippen molar-refractivity contribution in [2.75, 3.05) is 13.2 Å². The van der Waals surface area contributed by atoms with Gasteiger partial charge in [-0.25, -0.2) is 0 Å². The third-order valence-electron chi connectivity index (χ3n) is 16.9. The van der Waals surface area contributed by atoms with E-state index in [9.17, 15) is 14.4 Å². The molecule has 0 aromatic rings. The minimum absolute atomic E-state index is 0.0897. The molecular weight excluding hydrogens is 1020 g/mol. The number of carbonyl (C=O) groups is 3. The maximum Gasteiger partial charge on any atom is 0.306 e. The summed E-state index contributed by atoms with van der Waals surface area (Å²) < 4.78 is 16.9. The largest absolute Gasteiger partial charge is 0.462 e. The lowest BCUT2D eigenvalue weighted by atomic mass is 10.0. The van der Waals surface area contributed by atoms with Crippen LogP contribution in [0, 0.1) is 0 Å². The van der Waals surface area contributed by atoms with E-state index in [1.165, 1.54) is 295 Å². The van der Waals surface area contributed by atoms with E-state index in [2.05, 4.69) is 63.3 Å². The van der Waals surface area contributed by atoms with E-state index in [4.69, 9.17) is 14.2 Å². The van der Waals surface area contributed by atoms with Crippen LogP contribution in [0.2, 0.25) is 0 Å². The molecule has 0 saturated heterocycles. The molecule has 6 nitrogen and oxygen atoms in total. The van der Waals surface area contributed by atoms with Crippen molar-refractivity contribution in [1.29, 1.82) is 0 Å². The fraction of sp³-hybridized carbons (Fsp3) is 0.857. The van der Waals surface area contributed by atoms with Crippen LogP contribution in [0.1, 0.15) is 406 Å². The smallest absolute Gasteiger partial charge is 0.306 e. The van der Waals surface area contributed by atoms with Gasteiger partial charge in [0.05, 0.1) is 0 Å². The Bertz CT molecular complexity index is 1430. The topological polar surface area (TPSA) is 78.9 Å². The van der Waals surface area contributed by atoms with Gasteiger partial charge in [0.2, 0.25) is 0 Å². The van der Waals surface area contributed by atoms with Gasteiger partial charge in [-0.1, -0.05) is 390 Å². The number of unbranched alkanes of at least 4 members (excludes halogenated alkanes) is 50. The van der Waals surface area contributed by atoms with Crippen molar-refractivity contribution in [2.45, 2.75) is 412 Å². The van der Waals surface area contributed by atoms with Crippen molar-refractivity contribution >= 4 is 17.9 Å². The molecule has 486 valence electrons. The molecule has 0 radical (unpaired) electrons. The molecule has 0 aliphatic rings. The highest BCUT2D eigenvalue weighted by atomic mass is 16.6. The van der Waals surface area contributed by atoms with Crippen LogP contribution >= 0.6 is 0 Å². The van der Waals surface area contributed by atoms with Gasteiger partial charge in [-0.2, -0.15) is 0 Å². The fourth-order valence-electron chi connectivity index (χ4n) is 11.3. The van der Waals surface area contributed by atoms with Crippen LogP contribution in [0.3, 0.4) is 0 Å². The van der Waals surface area contributed by atoms with Gasteiger partial charge in [0.15, 0.2) is 6.10 Å². The minimum atomic E-state index is -0.800. The molecule has 0 aliphatic carbocycles. The molecule has 0 fully saturated rings. The molecule has 0 aromatic heterocycles. The Morgan fingerprint density at radius 1 is 0.253 bits per heavy atom. The average molecular weight is 1160 g/mol. The molecule has 83 heavy (non-hydrogen) atoms. The second-order valence-electron chi connectivity index (χ2n) is 25.2. The molecule has 1 unspecified atom stereocenters. The molecule has 0 aliphatic heterocycles. The summed E-state index contributed by atoms with van der Waals surface area (Å²) in [6.07, 6.45) is 92.0. The summed E-state index contributed by atoms with van der Waals surface area (Å²) >= 11 is 0. The highest BCUT2D eigenvalue weighted by molar-refractivity contribution is 5.71. The first-order valence-corrected chi connectivity index (χ1v) is 37.1. The predicted molar refractivity (Wildman–Crippen MR) is 362 cm³/mol. The molecule has 0 bridgehead atoms. The third kappa shape index (κ3) is 70.0. The van der Waals surface area contributed by atoms with Crippen molar-refractivity contribution < 1.29 is 28.6 Å². The lowest BCUT2D eigenvalue weighted by Gasteiger charge is -2.18. The molecule has 0 saturated carbocycles. The van der Waals surface area contributed by atoms with Crippen LogP contribution in [0.4, 0.5) is 0 Å². The molecule has 0 rings (SSSR count). The van der Waals surface area contributed by atoms with Crippen LogP contribution in [0.15, 0.2) is 48.6 Å². The first kappa shape index (κ1) is 80.4. The monoisotopic (exact) mass is 1160 g/mol. The third-order valence-corrected chi connectivity index (χ3v) is 16.9. The van der Waals surface area contributed by atoms with E-state index >= 15 is 0 Å². The summed E-state index contributed by atoms with van der Waals surface area (Å²) in [6, 6.07) is 0. The average Bonchev–Trinajstić information content (AvgIpc) is 3.49. The minimum Gasteiger partial charge on any atom is -0.462 e. The van der Waals surface area contributed by atoms with Gasteiger partial charge < -0.3 is 14.2 Å². The lowest BCUT2D eigenvalue weighted by Crippen LogP contribution is -2.30. The fourth-order valence-corrected chi connectivity index (χ4v) is 11.3. The predicted octanol–water partition coefficient (Wildman–Crippen LogP) is 25.7. The van der Waals surface area contributed by atoms with Crippen molar-refractivity contribution in [3.63, 3.8) is 0 Å². The van der Waals surface area contributed by atoms with Gasteiger partial charge in [-0.15, -0.1) is 0 Å². The van der Waals surface area contributed by atoms with Gasteiger partial charge in [0.25, 0.3) is 0 Å². The summed E-state index contributed by atoms with van der Waals surface area (Å²) in [5, 5.41) is 0. The summed E-state index contributed by atoms with van der Waals surface area (Å²) in [7, 11) is 0. The molecule has 0 N–H and O–H groups in total. The van der Waals surface area contributed by atoms with Crippen LogP contribution in [-0.2, 0) is 28.6 Å². The van der Waals surface area contributed by atoms with E-state index in [0.717, 1.165) is 64.2 Å². The van der Waals surface area contributed by atoms with Gasteiger partial charge in [-0.05, 0) is 44.9 Å².